The second-order valence-corrected chi connectivity index (χ2v) is 6.69. The van der Waals surface area contributed by atoms with E-state index < -0.39 is 22.2 Å². The maximum atomic E-state index is 12.8. The molecule has 1 aromatic carbocycles. The van der Waals surface area contributed by atoms with E-state index in [1.807, 2.05) is 0 Å². The van der Waals surface area contributed by atoms with Gasteiger partial charge in [-0.2, -0.15) is 0 Å². The van der Waals surface area contributed by atoms with E-state index in [2.05, 4.69) is 10.3 Å². The van der Waals surface area contributed by atoms with Crippen LogP contribution in [0.15, 0.2) is 53.5 Å². The van der Waals surface area contributed by atoms with Gasteiger partial charge in [0, 0.05) is 23.5 Å². The van der Waals surface area contributed by atoms with E-state index in [0.29, 0.717) is 23.7 Å². The lowest BCUT2D eigenvalue weighted by atomic mass is 10.2. The quantitative estimate of drug-likeness (QED) is 0.533. The first-order valence-corrected chi connectivity index (χ1v) is 8.83. The van der Waals surface area contributed by atoms with Crippen molar-refractivity contribution < 1.29 is 9.72 Å². The van der Waals surface area contributed by atoms with Crippen LogP contribution in [0, 0.1) is 10.1 Å². The minimum atomic E-state index is -0.810. The van der Waals surface area contributed by atoms with E-state index in [-0.39, 0.29) is 17.4 Å². The molecule has 1 fully saturated rings. The van der Waals surface area contributed by atoms with Crippen LogP contribution in [0.1, 0.15) is 6.42 Å². The number of nitrogens with one attached hydrogen (secondary N) is 1. The zero-order valence-corrected chi connectivity index (χ0v) is 15.2. The average Bonchev–Trinajstić information content (AvgIpc) is 3.02. The molecule has 0 spiro atoms. The molecule has 1 N–H and O–H groups in total. The van der Waals surface area contributed by atoms with Gasteiger partial charge in [0.1, 0.15) is 11.7 Å². The number of aromatic nitrogens is 2. The number of rotatable bonds is 4. The molecule has 142 valence electrons. The highest BCUT2D eigenvalue weighted by atomic mass is 35.5. The van der Waals surface area contributed by atoms with Gasteiger partial charge in [0.15, 0.2) is 0 Å². The Morgan fingerprint density at radius 2 is 2.04 bits per heavy atom. The summed E-state index contributed by atoms with van der Waals surface area (Å²) in [4.78, 5) is 41.7. The predicted molar refractivity (Wildman–Crippen MR) is 104 cm³/mol. The average molecular weight is 400 g/mol. The smallest absolute Gasteiger partial charge is 0.352 e. The standard InChI is InChI=1S/C18H14ClN5O4/c19-11-4-3-5-12(10-11)22-9-7-13(17(22)25)20-16-15(24(27)28)18(26)23-8-2-1-6-14(23)21-16/h1-6,8,10,13,20H,7,9H2. The summed E-state index contributed by atoms with van der Waals surface area (Å²) in [6, 6.07) is 10.9. The molecule has 1 atom stereocenters. The predicted octanol–water partition coefficient (Wildman–Crippen LogP) is 2.47. The molecule has 9 nitrogen and oxygen atoms in total. The molecule has 0 saturated carbocycles. The summed E-state index contributed by atoms with van der Waals surface area (Å²) in [7, 11) is 0. The van der Waals surface area contributed by atoms with Gasteiger partial charge in [-0.25, -0.2) is 4.98 Å². The van der Waals surface area contributed by atoms with Gasteiger partial charge in [0.25, 0.3) is 0 Å². The third kappa shape index (κ3) is 3.05. The van der Waals surface area contributed by atoms with Crippen LogP contribution in [0.4, 0.5) is 17.2 Å². The first-order valence-electron chi connectivity index (χ1n) is 8.45. The van der Waals surface area contributed by atoms with Crippen molar-refractivity contribution in [2.75, 3.05) is 16.8 Å². The number of amides is 1. The third-order valence-electron chi connectivity index (χ3n) is 4.53. The summed E-state index contributed by atoms with van der Waals surface area (Å²) < 4.78 is 1.10. The van der Waals surface area contributed by atoms with Crippen LogP contribution < -0.4 is 15.8 Å². The Kier molecular flexibility index (Phi) is 4.44. The van der Waals surface area contributed by atoms with Gasteiger partial charge in [-0.1, -0.05) is 23.7 Å². The number of anilines is 2. The number of halogens is 1. The van der Waals surface area contributed by atoms with Gasteiger partial charge < -0.3 is 10.2 Å². The highest BCUT2D eigenvalue weighted by Crippen LogP contribution is 2.27. The van der Waals surface area contributed by atoms with Crippen molar-refractivity contribution in [1.29, 1.82) is 0 Å². The first kappa shape index (κ1) is 17.9. The monoisotopic (exact) mass is 399 g/mol. The summed E-state index contributed by atoms with van der Waals surface area (Å²) in [5.74, 6) is -0.487. The summed E-state index contributed by atoms with van der Waals surface area (Å²) >= 11 is 5.99. The molecule has 0 radical (unpaired) electrons. The van der Waals surface area contributed by atoms with Gasteiger partial charge in [0.2, 0.25) is 11.7 Å². The summed E-state index contributed by atoms with van der Waals surface area (Å²) in [6.45, 7) is 0.414. The molecule has 28 heavy (non-hydrogen) atoms. The van der Waals surface area contributed by atoms with E-state index >= 15 is 0 Å². The number of carbonyl (C=O) groups excluding carboxylic acids is 1. The van der Waals surface area contributed by atoms with Crippen molar-refractivity contribution in [3.05, 3.63) is 74.2 Å². The molecule has 1 aliphatic rings. The fourth-order valence-corrected chi connectivity index (χ4v) is 3.41. The topological polar surface area (TPSA) is 110 Å². The summed E-state index contributed by atoms with van der Waals surface area (Å²) in [5.41, 5.74) is -0.617. The molecular weight excluding hydrogens is 386 g/mol. The summed E-state index contributed by atoms with van der Waals surface area (Å²) in [6.07, 6.45) is 1.81. The van der Waals surface area contributed by atoms with Crippen molar-refractivity contribution in [3.63, 3.8) is 0 Å². The van der Waals surface area contributed by atoms with E-state index in [1.165, 1.54) is 6.20 Å². The highest BCUT2D eigenvalue weighted by molar-refractivity contribution is 6.31. The maximum absolute atomic E-state index is 12.8. The minimum Gasteiger partial charge on any atom is -0.352 e. The largest absolute Gasteiger partial charge is 0.376 e. The number of nitrogens with zero attached hydrogens (tertiary/aromatic N) is 4. The molecular formula is C18H14ClN5O4. The molecule has 1 unspecified atom stereocenters. The molecule has 0 aliphatic carbocycles. The second kappa shape index (κ2) is 6.93. The van der Waals surface area contributed by atoms with Gasteiger partial charge in [-0.3, -0.25) is 24.1 Å². The van der Waals surface area contributed by atoms with E-state index in [4.69, 9.17) is 11.6 Å². The van der Waals surface area contributed by atoms with Crippen molar-refractivity contribution in [3.8, 4) is 0 Å². The van der Waals surface area contributed by atoms with Crippen LogP contribution in [0.3, 0.4) is 0 Å². The summed E-state index contributed by atoms with van der Waals surface area (Å²) in [5, 5.41) is 14.8. The van der Waals surface area contributed by atoms with Crippen LogP contribution in [0.5, 0.6) is 0 Å². The van der Waals surface area contributed by atoms with Crippen LogP contribution in [0.25, 0.3) is 5.65 Å². The van der Waals surface area contributed by atoms with E-state index in [9.17, 15) is 19.7 Å². The Morgan fingerprint density at radius 3 is 2.79 bits per heavy atom. The van der Waals surface area contributed by atoms with Crippen molar-refractivity contribution in [2.24, 2.45) is 0 Å². The van der Waals surface area contributed by atoms with Crippen molar-refractivity contribution in [1.82, 2.24) is 9.38 Å². The Bertz CT molecular complexity index is 1160. The molecule has 1 aliphatic heterocycles. The Balaban J connectivity index is 1.69. The molecule has 1 amide bonds. The van der Waals surface area contributed by atoms with Gasteiger partial charge >= 0.3 is 11.2 Å². The number of fused-ring (bicyclic) bond motifs is 1. The molecule has 0 bridgehead atoms. The first-order chi connectivity index (χ1) is 13.5. The van der Waals surface area contributed by atoms with E-state index in [0.717, 1.165) is 4.40 Å². The lowest BCUT2D eigenvalue weighted by Crippen LogP contribution is -2.34. The van der Waals surface area contributed by atoms with E-state index in [1.54, 1.807) is 47.4 Å². The zero-order chi connectivity index (χ0) is 19.8. The number of benzene rings is 1. The second-order valence-electron chi connectivity index (χ2n) is 6.26. The number of nitro groups is 1. The molecule has 10 heteroatoms. The van der Waals surface area contributed by atoms with Crippen molar-refractivity contribution in [2.45, 2.75) is 12.5 Å². The molecule has 3 heterocycles. The third-order valence-corrected chi connectivity index (χ3v) is 4.76. The maximum Gasteiger partial charge on any atom is 0.376 e. The minimum absolute atomic E-state index is 0.215. The van der Waals surface area contributed by atoms with Crippen LogP contribution in [0.2, 0.25) is 5.02 Å². The molecule has 4 rings (SSSR count). The van der Waals surface area contributed by atoms with Gasteiger partial charge in [-0.05, 0) is 36.8 Å². The van der Waals surface area contributed by atoms with Gasteiger partial charge in [0.05, 0.1) is 4.92 Å². The molecule has 3 aromatic rings. The van der Waals surface area contributed by atoms with Crippen molar-refractivity contribution >= 4 is 40.3 Å². The number of hydrogen-bond donors (Lipinski definition) is 1. The highest BCUT2D eigenvalue weighted by Gasteiger charge is 2.35. The Morgan fingerprint density at radius 1 is 1.21 bits per heavy atom. The van der Waals surface area contributed by atoms with Gasteiger partial charge in [-0.15, -0.1) is 0 Å². The van der Waals surface area contributed by atoms with Crippen LogP contribution >= 0.6 is 11.6 Å². The van der Waals surface area contributed by atoms with Crippen LogP contribution in [-0.2, 0) is 4.79 Å². The number of carbonyl (C=O) groups is 1. The number of hydrogen-bond acceptors (Lipinski definition) is 6. The fraction of sp³-hybridized carbons (Fsp3) is 0.167. The van der Waals surface area contributed by atoms with Crippen LogP contribution in [-0.4, -0.2) is 32.8 Å². The Hall–Kier alpha value is -3.46. The zero-order valence-electron chi connectivity index (χ0n) is 14.4. The lowest BCUT2D eigenvalue weighted by Gasteiger charge is -2.17. The number of pyridine rings is 1. The fourth-order valence-electron chi connectivity index (χ4n) is 3.22. The normalized spacial score (nSPS) is 16.5. The SMILES string of the molecule is O=C1C(Nc2nc3ccccn3c(=O)c2[N+](=O)[O-])CCN1c1cccc(Cl)c1. The lowest BCUT2D eigenvalue weighted by molar-refractivity contribution is -0.385. The molecule has 2 aromatic heterocycles. The Labute approximate surface area is 163 Å². The molecule has 1 saturated heterocycles.